The molecule has 0 amide bonds. The van der Waals surface area contributed by atoms with Gasteiger partial charge < -0.3 is 5.11 Å². The van der Waals surface area contributed by atoms with Crippen molar-refractivity contribution in [3.8, 4) is 0 Å². The van der Waals surface area contributed by atoms with Gasteiger partial charge in [-0.25, -0.2) is 0 Å². The van der Waals surface area contributed by atoms with Gasteiger partial charge in [0, 0.05) is 0 Å². The van der Waals surface area contributed by atoms with E-state index in [1.54, 1.807) is 0 Å². The van der Waals surface area contributed by atoms with Gasteiger partial charge in [-0.05, 0) is 0 Å². The van der Waals surface area contributed by atoms with Crippen molar-refractivity contribution in [1.82, 2.24) is 0 Å². The zero-order valence-corrected chi connectivity index (χ0v) is 11.9. The summed E-state index contributed by atoms with van der Waals surface area (Å²) in [7, 11) is -1.57. The molecule has 0 saturated carbocycles. The molecule has 1 atom stereocenters. The molecule has 0 radical (unpaired) electrons. The minimum atomic E-state index is -1.57. The van der Waals surface area contributed by atoms with Gasteiger partial charge in [0.05, 0.1) is 8.07 Å². The molecule has 0 aromatic rings. The third kappa shape index (κ3) is 2.59. The molecule has 62 valence electrons. The summed E-state index contributed by atoms with van der Waals surface area (Å²) in [5.41, 5.74) is 0. The summed E-state index contributed by atoms with van der Waals surface area (Å²) >= 11 is 9.86. The van der Waals surface area contributed by atoms with E-state index in [-0.39, 0.29) is 3.74 Å². The second kappa shape index (κ2) is 3.56. The summed E-state index contributed by atoms with van der Waals surface area (Å²) in [5.74, 6) is 0. The molecule has 0 bridgehead atoms. The molecule has 0 aromatic heterocycles. The maximum atomic E-state index is 9.81. The van der Waals surface area contributed by atoms with Crippen LogP contribution >= 0.6 is 47.8 Å². The molecule has 0 rings (SSSR count). The molecule has 0 saturated heterocycles. The van der Waals surface area contributed by atoms with Gasteiger partial charge in [-0.3, -0.25) is 0 Å². The van der Waals surface area contributed by atoms with Crippen molar-refractivity contribution in [2.75, 3.05) is 0 Å². The molecule has 1 N–H and O–H groups in total. The second-order valence-corrected chi connectivity index (χ2v) is 13.5. The molecule has 0 fully saturated rings. The zero-order chi connectivity index (χ0) is 8.58. The van der Waals surface area contributed by atoms with Crippen LogP contribution in [0.15, 0.2) is 0 Å². The lowest BCUT2D eigenvalue weighted by atomic mass is 10.9. The van der Waals surface area contributed by atoms with E-state index in [0.29, 0.717) is 0 Å². The minimum absolute atomic E-state index is 0.0841. The summed E-state index contributed by atoms with van der Waals surface area (Å²) in [4.78, 5) is 0. The van der Waals surface area contributed by atoms with Gasteiger partial charge in [0.25, 0.3) is 0 Å². The Morgan fingerprint density at radius 2 is 1.60 bits per heavy atom. The summed E-state index contributed by atoms with van der Waals surface area (Å²) in [6.07, 6.45) is 0. The van der Waals surface area contributed by atoms with E-state index < -0.39 is 12.2 Å². The van der Waals surface area contributed by atoms with Crippen LogP contribution in [0.3, 0.4) is 0 Å². The first kappa shape index (κ1) is 11.6. The van der Waals surface area contributed by atoms with Gasteiger partial charge in [0.15, 0.2) is 0 Å². The summed E-state index contributed by atoms with van der Waals surface area (Å²) in [5, 5.41) is 9.81. The molecular weight excluding hydrogens is 344 g/mol. The van der Waals surface area contributed by atoms with E-state index in [0.717, 1.165) is 0 Å². The van der Waals surface area contributed by atoms with Gasteiger partial charge in [-0.2, -0.15) is 0 Å². The molecule has 0 aromatic carbocycles. The molecule has 0 aliphatic heterocycles. The first-order valence-corrected chi connectivity index (χ1v) is 9.01. The van der Waals surface area contributed by atoms with Crippen molar-refractivity contribution in [2.45, 2.75) is 27.5 Å². The molecule has 0 aliphatic rings. The summed E-state index contributed by atoms with van der Waals surface area (Å²) in [6.45, 7) is 6.28. The van der Waals surface area contributed by atoms with E-state index >= 15 is 0 Å². The van der Waals surface area contributed by atoms with Crippen LogP contribution in [0, 0.1) is 0 Å². The Morgan fingerprint density at radius 1 is 1.30 bits per heavy atom. The summed E-state index contributed by atoms with van der Waals surface area (Å²) < 4.78 is -0.862. The van der Waals surface area contributed by atoms with Crippen LogP contribution in [-0.2, 0) is 0 Å². The Labute approximate surface area is 88.0 Å². The number of hydrogen-bond acceptors (Lipinski definition) is 1. The molecule has 10 heavy (non-hydrogen) atoms. The normalized spacial score (nSPS) is 19.2. The monoisotopic (exact) mass is 352 g/mol. The number of aliphatic hydroxyl groups is 1. The zero-order valence-electron chi connectivity index (χ0n) is 6.16. The predicted molar refractivity (Wildman–Crippen MR) is 58.9 cm³/mol. The van der Waals surface area contributed by atoms with Crippen molar-refractivity contribution in [3.63, 3.8) is 0 Å². The fourth-order valence-electron chi connectivity index (χ4n) is 0.327. The molecule has 0 spiro atoms. The molecule has 0 heterocycles. The lowest BCUT2D eigenvalue weighted by Crippen LogP contribution is -2.51. The lowest BCUT2D eigenvalue weighted by Gasteiger charge is -2.34. The van der Waals surface area contributed by atoms with Crippen molar-refractivity contribution < 1.29 is 5.11 Å². The maximum absolute atomic E-state index is 9.81. The Kier molecular flexibility index (Phi) is 4.13. The molecule has 0 aliphatic carbocycles. The third-order valence-corrected chi connectivity index (χ3v) is 11.2. The number of halogens is 3. The highest BCUT2D eigenvalue weighted by atomic mass is 79.9. The Hall–Kier alpha value is 1.62. The fourth-order valence-corrected chi connectivity index (χ4v) is 5.10. The second-order valence-electron chi connectivity index (χ2n) is 3.22. The number of hydrogen-bond donors (Lipinski definition) is 1. The van der Waals surface area contributed by atoms with Crippen molar-refractivity contribution in [2.24, 2.45) is 0 Å². The minimum Gasteiger partial charge on any atom is -0.380 e. The Morgan fingerprint density at radius 3 is 1.60 bits per heavy atom. The van der Waals surface area contributed by atoms with Gasteiger partial charge in [-0.1, -0.05) is 67.4 Å². The molecule has 1 nitrogen and oxygen atoms in total. The average Bonchev–Trinajstić information content (AvgIpc) is 1.62. The highest BCUT2D eigenvalue weighted by molar-refractivity contribution is 9.25. The summed E-state index contributed by atoms with van der Waals surface area (Å²) in [6, 6.07) is 0. The smallest absolute Gasteiger partial charge is 0.128 e. The number of alkyl halides is 3. The average molecular weight is 355 g/mol. The maximum Gasteiger partial charge on any atom is 0.128 e. The van der Waals surface area contributed by atoms with Crippen LogP contribution in [-0.4, -0.2) is 21.1 Å². The lowest BCUT2D eigenvalue weighted by molar-refractivity contribution is 0.238. The first-order chi connectivity index (χ1) is 4.19. The van der Waals surface area contributed by atoms with Gasteiger partial charge in [0.2, 0.25) is 0 Å². The fraction of sp³-hybridized carbons (Fsp3) is 1.00. The Bertz CT molecular complexity index is 119. The molecular formula is C5H11Br3OSi. The third-order valence-electron chi connectivity index (χ3n) is 1.34. The van der Waals surface area contributed by atoms with Crippen LogP contribution in [0.25, 0.3) is 0 Å². The highest BCUT2D eigenvalue weighted by Crippen LogP contribution is 2.37. The van der Waals surface area contributed by atoms with Crippen LogP contribution in [0.4, 0.5) is 0 Å². The van der Waals surface area contributed by atoms with E-state index in [9.17, 15) is 5.11 Å². The van der Waals surface area contributed by atoms with Crippen molar-refractivity contribution in [3.05, 3.63) is 0 Å². The van der Waals surface area contributed by atoms with Crippen molar-refractivity contribution in [1.29, 1.82) is 0 Å². The van der Waals surface area contributed by atoms with E-state index in [1.165, 1.54) is 0 Å². The van der Waals surface area contributed by atoms with E-state index in [4.69, 9.17) is 0 Å². The van der Waals surface area contributed by atoms with Crippen LogP contribution in [0.2, 0.25) is 19.6 Å². The van der Waals surface area contributed by atoms with Gasteiger partial charge in [0.1, 0.15) is 7.87 Å². The predicted octanol–water partition coefficient (Wildman–Crippen LogP) is 3.06. The molecule has 5 heteroatoms. The van der Waals surface area contributed by atoms with E-state index in [1.807, 2.05) is 0 Å². The van der Waals surface area contributed by atoms with Gasteiger partial charge >= 0.3 is 0 Å². The van der Waals surface area contributed by atoms with Gasteiger partial charge in [-0.15, -0.1) is 0 Å². The first-order valence-electron chi connectivity index (χ1n) is 2.89. The number of rotatable bonds is 2. The quantitative estimate of drug-likeness (QED) is 0.597. The molecule has 1 unspecified atom stereocenters. The van der Waals surface area contributed by atoms with Crippen LogP contribution in [0.1, 0.15) is 0 Å². The SMILES string of the molecule is C[Si](C)(C)C(O)(Br)C(Br)Br. The van der Waals surface area contributed by atoms with Crippen LogP contribution in [0.5, 0.6) is 0 Å². The van der Waals surface area contributed by atoms with Crippen LogP contribution < -0.4 is 0 Å². The Balaban J connectivity index is 4.40. The largest absolute Gasteiger partial charge is 0.380 e. The highest BCUT2D eigenvalue weighted by Gasteiger charge is 2.43. The topological polar surface area (TPSA) is 20.2 Å². The van der Waals surface area contributed by atoms with E-state index in [2.05, 4.69) is 67.4 Å². The standard InChI is InChI=1S/C5H11Br3OSi/c1-10(2,3)5(8,9)4(6)7/h4,9H,1-3H3. The van der Waals surface area contributed by atoms with Crippen molar-refractivity contribution >= 4 is 55.9 Å².